The number of benzene rings is 1. The molecule has 0 bridgehead atoms. The summed E-state index contributed by atoms with van der Waals surface area (Å²) >= 11 is 1.67. The Morgan fingerprint density at radius 3 is 2.91 bits per heavy atom. The molecule has 5 heteroatoms. The van der Waals surface area contributed by atoms with Crippen LogP contribution in [0.3, 0.4) is 0 Å². The third-order valence-electron chi connectivity index (χ3n) is 4.40. The predicted molar refractivity (Wildman–Crippen MR) is 91.5 cm³/mol. The number of hydrogen-bond acceptors (Lipinski definition) is 4. The Morgan fingerprint density at radius 2 is 2.17 bits per heavy atom. The molecular formula is C18H22N2O2S. The molecule has 2 atom stereocenters. The van der Waals surface area contributed by atoms with Crippen molar-refractivity contribution < 1.29 is 9.90 Å². The zero-order valence-corrected chi connectivity index (χ0v) is 14.3. The number of hydrogen-bond donors (Lipinski definition) is 1. The lowest BCUT2D eigenvalue weighted by Crippen LogP contribution is -2.40. The molecule has 0 fully saturated rings. The van der Waals surface area contributed by atoms with Gasteiger partial charge in [0.2, 0.25) is 0 Å². The minimum Gasteiger partial charge on any atom is -0.383 e. The first-order valence-corrected chi connectivity index (χ1v) is 8.82. The number of aliphatic hydroxyl groups is 1. The van der Waals surface area contributed by atoms with Crippen molar-refractivity contribution in [1.82, 2.24) is 9.88 Å². The fraction of sp³-hybridized carbons (Fsp3) is 0.444. The van der Waals surface area contributed by atoms with E-state index in [0.29, 0.717) is 6.42 Å². The molecule has 4 nitrogen and oxygen atoms in total. The van der Waals surface area contributed by atoms with E-state index in [1.165, 1.54) is 4.88 Å². The Hall–Kier alpha value is -1.72. The second-order valence-electron chi connectivity index (χ2n) is 6.11. The lowest BCUT2D eigenvalue weighted by atomic mass is 9.96. The average molecular weight is 330 g/mol. The van der Waals surface area contributed by atoms with Crippen LogP contribution in [0, 0.1) is 6.92 Å². The van der Waals surface area contributed by atoms with Crippen LogP contribution in [0.25, 0.3) is 0 Å². The minimum atomic E-state index is -0.998. The van der Waals surface area contributed by atoms with Crippen LogP contribution in [0.1, 0.15) is 40.0 Å². The quantitative estimate of drug-likeness (QED) is 0.938. The highest BCUT2D eigenvalue weighted by Crippen LogP contribution is 2.37. The predicted octanol–water partition coefficient (Wildman–Crippen LogP) is 2.89. The van der Waals surface area contributed by atoms with Crippen LogP contribution >= 0.6 is 11.3 Å². The summed E-state index contributed by atoms with van der Waals surface area (Å²) in [7, 11) is 1.80. The Morgan fingerprint density at radius 1 is 1.43 bits per heavy atom. The van der Waals surface area contributed by atoms with Gasteiger partial charge in [0.25, 0.3) is 5.91 Å². The number of thiazole rings is 1. The van der Waals surface area contributed by atoms with Gasteiger partial charge in [0.05, 0.1) is 21.6 Å². The lowest BCUT2D eigenvalue weighted by Gasteiger charge is -2.32. The van der Waals surface area contributed by atoms with Gasteiger partial charge in [-0.25, -0.2) is 4.98 Å². The highest BCUT2D eigenvalue weighted by atomic mass is 32.1. The fourth-order valence-corrected chi connectivity index (χ4v) is 4.35. The summed E-state index contributed by atoms with van der Waals surface area (Å²) < 4.78 is 0. The third kappa shape index (κ3) is 3.46. The van der Waals surface area contributed by atoms with Crippen molar-refractivity contribution in [2.75, 3.05) is 7.05 Å². The van der Waals surface area contributed by atoms with Crippen LogP contribution < -0.4 is 0 Å². The van der Waals surface area contributed by atoms with Gasteiger partial charge in [-0.1, -0.05) is 30.3 Å². The van der Waals surface area contributed by atoms with Gasteiger partial charge in [-0.15, -0.1) is 11.3 Å². The molecule has 1 heterocycles. The number of carbonyl (C=O) groups is 1. The number of aryl methyl sites for hydroxylation is 2. The molecule has 23 heavy (non-hydrogen) atoms. The van der Waals surface area contributed by atoms with Gasteiger partial charge < -0.3 is 10.0 Å². The molecule has 1 aliphatic rings. The molecule has 0 radical (unpaired) electrons. The second kappa shape index (κ2) is 6.81. The highest BCUT2D eigenvalue weighted by molar-refractivity contribution is 7.11. The normalized spacial score (nSPS) is 18.3. The summed E-state index contributed by atoms with van der Waals surface area (Å²) in [5, 5.41) is 11.4. The Labute approximate surface area is 140 Å². The van der Waals surface area contributed by atoms with E-state index in [9.17, 15) is 9.90 Å². The van der Waals surface area contributed by atoms with Gasteiger partial charge >= 0.3 is 0 Å². The molecule has 1 aromatic carbocycles. The van der Waals surface area contributed by atoms with Crippen molar-refractivity contribution in [1.29, 1.82) is 0 Å². The maximum absolute atomic E-state index is 12.6. The van der Waals surface area contributed by atoms with Crippen molar-refractivity contribution >= 4 is 17.2 Å². The summed E-state index contributed by atoms with van der Waals surface area (Å²) in [5.41, 5.74) is 2.10. The first-order valence-electron chi connectivity index (χ1n) is 8.01. The van der Waals surface area contributed by atoms with E-state index >= 15 is 0 Å². The van der Waals surface area contributed by atoms with Gasteiger partial charge in [0.1, 0.15) is 6.10 Å². The molecule has 1 N–H and O–H groups in total. The van der Waals surface area contributed by atoms with E-state index in [2.05, 4.69) is 4.98 Å². The maximum atomic E-state index is 12.6. The number of fused-ring (bicyclic) bond motifs is 1. The van der Waals surface area contributed by atoms with Crippen LogP contribution in [-0.4, -0.2) is 34.0 Å². The Balaban J connectivity index is 1.72. The summed E-state index contributed by atoms with van der Waals surface area (Å²) in [6, 6.07) is 9.68. The molecule has 0 spiro atoms. The van der Waals surface area contributed by atoms with Crippen molar-refractivity contribution in [3.8, 4) is 0 Å². The molecule has 2 aromatic rings. The molecule has 0 unspecified atom stereocenters. The standard InChI is InChI=1S/C18H22N2O2S/c1-12-19-14-9-6-10-15(17(14)23-12)20(2)18(22)16(21)11-13-7-4-3-5-8-13/h3-5,7-8,15-16,21H,6,9-11H2,1-2H3/t15-,16+/m1/s1. The van der Waals surface area contributed by atoms with Crippen LogP contribution in [0.4, 0.5) is 0 Å². The van der Waals surface area contributed by atoms with E-state index in [-0.39, 0.29) is 11.9 Å². The van der Waals surface area contributed by atoms with E-state index in [0.717, 1.165) is 35.5 Å². The minimum absolute atomic E-state index is 0.0443. The first-order chi connectivity index (χ1) is 11.1. The second-order valence-corrected chi connectivity index (χ2v) is 7.34. The number of rotatable bonds is 4. The number of nitrogens with zero attached hydrogens (tertiary/aromatic N) is 2. The summed E-state index contributed by atoms with van der Waals surface area (Å²) in [5.74, 6) is -0.210. The van der Waals surface area contributed by atoms with Crippen molar-refractivity contribution in [2.24, 2.45) is 0 Å². The maximum Gasteiger partial charge on any atom is 0.252 e. The van der Waals surface area contributed by atoms with Crippen LogP contribution in [-0.2, 0) is 17.6 Å². The molecule has 1 aromatic heterocycles. The van der Waals surface area contributed by atoms with E-state index in [1.54, 1.807) is 23.3 Å². The van der Waals surface area contributed by atoms with Crippen molar-refractivity contribution in [2.45, 2.75) is 44.8 Å². The van der Waals surface area contributed by atoms with E-state index < -0.39 is 6.10 Å². The molecule has 1 amide bonds. The van der Waals surface area contributed by atoms with E-state index in [1.807, 2.05) is 37.3 Å². The number of aromatic nitrogens is 1. The average Bonchev–Trinajstić information content (AvgIpc) is 2.94. The summed E-state index contributed by atoms with van der Waals surface area (Å²) in [4.78, 5) is 20.1. The zero-order valence-electron chi connectivity index (χ0n) is 13.5. The van der Waals surface area contributed by atoms with Crippen molar-refractivity contribution in [3.05, 3.63) is 51.5 Å². The van der Waals surface area contributed by atoms with Gasteiger partial charge in [0, 0.05) is 13.5 Å². The molecule has 3 rings (SSSR count). The van der Waals surface area contributed by atoms with Gasteiger partial charge in [-0.2, -0.15) is 0 Å². The topological polar surface area (TPSA) is 53.4 Å². The summed E-state index contributed by atoms with van der Waals surface area (Å²) in [6.07, 6.45) is 2.32. The van der Waals surface area contributed by atoms with Gasteiger partial charge in [0.15, 0.2) is 0 Å². The smallest absolute Gasteiger partial charge is 0.252 e. The first kappa shape index (κ1) is 16.1. The SMILES string of the molecule is Cc1nc2c(s1)[C@H](N(C)C(=O)[C@@H](O)Cc1ccccc1)CCC2. The fourth-order valence-electron chi connectivity index (χ4n) is 3.20. The molecule has 0 saturated carbocycles. The van der Waals surface area contributed by atoms with Crippen LogP contribution in [0.15, 0.2) is 30.3 Å². The number of aliphatic hydroxyl groups excluding tert-OH is 1. The van der Waals surface area contributed by atoms with Crippen molar-refractivity contribution in [3.63, 3.8) is 0 Å². The largest absolute Gasteiger partial charge is 0.383 e. The monoisotopic (exact) mass is 330 g/mol. The zero-order chi connectivity index (χ0) is 16.4. The van der Waals surface area contributed by atoms with E-state index in [4.69, 9.17) is 0 Å². The van der Waals surface area contributed by atoms with Crippen LogP contribution in [0.5, 0.6) is 0 Å². The molecule has 0 saturated heterocycles. The van der Waals surface area contributed by atoms with Crippen LogP contribution in [0.2, 0.25) is 0 Å². The third-order valence-corrected chi connectivity index (χ3v) is 5.51. The highest BCUT2D eigenvalue weighted by Gasteiger charge is 2.32. The molecule has 0 aliphatic heterocycles. The summed E-state index contributed by atoms with van der Waals surface area (Å²) in [6.45, 7) is 2.01. The number of amides is 1. The Kier molecular flexibility index (Phi) is 4.78. The number of likely N-dealkylation sites (N-methyl/N-ethyl adjacent to an activating group) is 1. The number of carbonyl (C=O) groups excluding carboxylic acids is 1. The lowest BCUT2D eigenvalue weighted by molar-refractivity contribution is -0.141. The van der Waals surface area contributed by atoms with Gasteiger partial charge in [-0.3, -0.25) is 4.79 Å². The van der Waals surface area contributed by atoms with Gasteiger partial charge in [-0.05, 0) is 31.7 Å². The molecule has 122 valence electrons. The molecule has 1 aliphatic carbocycles. The molecular weight excluding hydrogens is 308 g/mol. The Bertz CT molecular complexity index is 684.